The van der Waals surface area contributed by atoms with Crippen LogP contribution in [0.3, 0.4) is 0 Å². The fourth-order valence-corrected chi connectivity index (χ4v) is 2.67. The van der Waals surface area contributed by atoms with Crippen molar-refractivity contribution in [3.05, 3.63) is 69.5 Å². The van der Waals surface area contributed by atoms with Gasteiger partial charge in [-0.2, -0.15) is 0 Å². The number of aryl methyl sites for hydroxylation is 1. The van der Waals surface area contributed by atoms with Gasteiger partial charge in [0.15, 0.2) is 5.76 Å². The van der Waals surface area contributed by atoms with Crippen LogP contribution in [0.25, 0.3) is 11.0 Å². The van der Waals surface area contributed by atoms with Crippen molar-refractivity contribution >= 4 is 28.3 Å². The molecule has 0 bridgehead atoms. The summed E-state index contributed by atoms with van der Waals surface area (Å²) in [5.74, 6) is -0.329. The van der Waals surface area contributed by atoms with Crippen molar-refractivity contribution in [1.29, 1.82) is 0 Å². The molecule has 3 aromatic rings. The molecular formula is C19H18N2O5. The van der Waals surface area contributed by atoms with E-state index in [4.69, 9.17) is 9.15 Å². The molecule has 0 saturated heterocycles. The van der Waals surface area contributed by atoms with Gasteiger partial charge in [0, 0.05) is 29.7 Å². The van der Waals surface area contributed by atoms with Crippen LogP contribution < -0.4 is 5.32 Å². The van der Waals surface area contributed by atoms with E-state index in [1.807, 2.05) is 25.1 Å². The quantitative estimate of drug-likeness (QED) is 0.522. The zero-order valence-corrected chi connectivity index (χ0v) is 14.4. The lowest BCUT2D eigenvalue weighted by molar-refractivity contribution is -0.384. The third-order valence-electron chi connectivity index (χ3n) is 4.04. The van der Waals surface area contributed by atoms with Gasteiger partial charge >= 0.3 is 0 Å². The largest absolute Gasteiger partial charge is 0.451 e. The number of carbonyl (C=O) groups is 1. The highest BCUT2D eigenvalue weighted by Crippen LogP contribution is 2.28. The van der Waals surface area contributed by atoms with Gasteiger partial charge in [-0.05, 0) is 25.5 Å². The van der Waals surface area contributed by atoms with Crippen LogP contribution in [0.4, 0.5) is 11.4 Å². The molecule has 0 radical (unpaired) electrons. The molecule has 7 heteroatoms. The lowest BCUT2D eigenvalue weighted by atomic mass is 10.1. The first kappa shape index (κ1) is 17.6. The number of ether oxygens (including phenoxy) is 1. The molecule has 0 unspecified atom stereocenters. The van der Waals surface area contributed by atoms with E-state index in [-0.39, 0.29) is 18.1 Å². The Labute approximate surface area is 149 Å². The van der Waals surface area contributed by atoms with Crippen molar-refractivity contribution in [2.75, 3.05) is 11.9 Å². The number of nitrogens with one attached hydrogen (secondary N) is 1. The standard InChI is InChI=1S/C19H18N2O5/c1-3-25-11-15-14-6-4-5-7-17(14)26-18(15)19(22)20-16-10-13(21(23)24)9-8-12(16)2/h4-10H,3,11H2,1-2H3,(H,20,22). The highest BCUT2D eigenvalue weighted by atomic mass is 16.6. The second-order valence-electron chi connectivity index (χ2n) is 5.75. The number of para-hydroxylation sites is 1. The summed E-state index contributed by atoms with van der Waals surface area (Å²) in [6, 6.07) is 11.6. The Morgan fingerprint density at radius 1 is 1.27 bits per heavy atom. The van der Waals surface area contributed by atoms with Crippen molar-refractivity contribution < 1.29 is 18.9 Å². The van der Waals surface area contributed by atoms with Gasteiger partial charge in [-0.25, -0.2) is 0 Å². The Bertz CT molecular complexity index is 977. The number of anilines is 1. The molecule has 134 valence electrons. The molecule has 0 aliphatic carbocycles. The number of nitro groups is 1. The van der Waals surface area contributed by atoms with E-state index in [0.29, 0.717) is 29.0 Å². The SMILES string of the molecule is CCOCc1c(C(=O)Nc2cc([N+](=O)[O-])ccc2C)oc2ccccc12. The number of benzene rings is 2. The summed E-state index contributed by atoms with van der Waals surface area (Å²) in [6.07, 6.45) is 0. The average molecular weight is 354 g/mol. The molecular weight excluding hydrogens is 336 g/mol. The monoisotopic (exact) mass is 354 g/mol. The van der Waals surface area contributed by atoms with Gasteiger partial charge in [0.25, 0.3) is 11.6 Å². The minimum absolute atomic E-state index is 0.0926. The molecule has 26 heavy (non-hydrogen) atoms. The van der Waals surface area contributed by atoms with E-state index in [9.17, 15) is 14.9 Å². The molecule has 0 fully saturated rings. The van der Waals surface area contributed by atoms with Crippen LogP contribution in [-0.4, -0.2) is 17.4 Å². The summed E-state index contributed by atoms with van der Waals surface area (Å²) in [5.41, 5.74) is 2.23. The summed E-state index contributed by atoms with van der Waals surface area (Å²) >= 11 is 0. The van der Waals surface area contributed by atoms with E-state index in [2.05, 4.69) is 5.32 Å². The van der Waals surface area contributed by atoms with Crippen LogP contribution in [-0.2, 0) is 11.3 Å². The first-order chi connectivity index (χ1) is 12.5. The van der Waals surface area contributed by atoms with Gasteiger partial charge in [0.1, 0.15) is 5.58 Å². The van der Waals surface area contributed by atoms with Crippen LogP contribution in [0.15, 0.2) is 46.9 Å². The number of nitro benzene ring substituents is 1. The fraction of sp³-hybridized carbons (Fsp3) is 0.211. The number of amides is 1. The summed E-state index contributed by atoms with van der Waals surface area (Å²) in [7, 11) is 0. The van der Waals surface area contributed by atoms with E-state index < -0.39 is 10.8 Å². The first-order valence-electron chi connectivity index (χ1n) is 8.15. The lowest BCUT2D eigenvalue weighted by Gasteiger charge is -2.08. The van der Waals surface area contributed by atoms with Crippen molar-refractivity contribution in [2.24, 2.45) is 0 Å². The highest BCUT2D eigenvalue weighted by Gasteiger charge is 2.21. The summed E-state index contributed by atoms with van der Waals surface area (Å²) in [6.45, 7) is 4.38. The Kier molecular flexibility index (Phi) is 4.99. The third-order valence-corrected chi connectivity index (χ3v) is 4.04. The number of carbonyl (C=O) groups excluding carboxylic acids is 1. The van der Waals surface area contributed by atoms with E-state index in [0.717, 1.165) is 5.39 Å². The molecule has 1 N–H and O–H groups in total. The number of non-ortho nitro benzene ring substituents is 1. The predicted molar refractivity (Wildman–Crippen MR) is 97.3 cm³/mol. The van der Waals surface area contributed by atoms with Crippen molar-refractivity contribution in [2.45, 2.75) is 20.5 Å². The van der Waals surface area contributed by atoms with Gasteiger partial charge in [-0.1, -0.05) is 24.3 Å². The number of rotatable bonds is 6. The summed E-state index contributed by atoms with van der Waals surface area (Å²) in [5, 5.41) is 14.5. The Morgan fingerprint density at radius 2 is 2.04 bits per heavy atom. The molecule has 1 amide bonds. The van der Waals surface area contributed by atoms with Crippen molar-refractivity contribution in [3.8, 4) is 0 Å². The Hall–Kier alpha value is -3.19. The molecule has 1 aromatic heterocycles. The average Bonchev–Trinajstić information content (AvgIpc) is 3.00. The van der Waals surface area contributed by atoms with Gasteiger partial charge in [-0.3, -0.25) is 14.9 Å². The first-order valence-corrected chi connectivity index (χ1v) is 8.15. The van der Waals surface area contributed by atoms with Gasteiger partial charge < -0.3 is 14.5 Å². The van der Waals surface area contributed by atoms with Gasteiger partial charge in [0.2, 0.25) is 0 Å². The zero-order chi connectivity index (χ0) is 18.7. The smallest absolute Gasteiger partial charge is 0.291 e. The van der Waals surface area contributed by atoms with Crippen molar-refractivity contribution in [1.82, 2.24) is 0 Å². The minimum atomic E-state index is -0.503. The second kappa shape index (κ2) is 7.37. The molecule has 3 rings (SSSR count). The maximum atomic E-state index is 12.8. The van der Waals surface area contributed by atoms with Crippen LogP contribution >= 0.6 is 0 Å². The molecule has 0 spiro atoms. The molecule has 0 saturated carbocycles. The maximum Gasteiger partial charge on any atom is 0.291 e. The lowest BCUT2D eigenvalue weighted by Crippen LogP contribution is -2.14. The summed E-state index contributed by atoms with van der Waals surface area (Å²) in [4.78, 5) is 23.2. The van der Waals surface area contributed by atoms with Crippen LogP contribution in [0.5, 0.6) is 0 Å². The Morgan fingerprint density at radius 3 is 2.77 bits per heavy atom. The van der Waals surface area contributed by atoms with E-state index >= 15 is 0 Å². The molecule has 0 atom stereocenters. The predicted octanol–water partition coefficient (Wildman–Crippen LogP) is 4.44. The fourth-order valence-electron chi connectivity index (χ4n) is 2.67. The zero-order valence-electron chi connectivity index (χ0n) is 14.4. The second-order valence-corrected chi connectivity index (χ2v) is 5.75. The van der Waals surface area contributed by atoms with Crippen LogP contribution in [0.2, 0.25) is 0 Å². The van der Waals surface area contributed by atoms with Crippen molar-refractivity contribution in [3.63, 3.8) is 0 Å². The van der Waals surface area contributed by atoms with Crippen LogP contribution in [0, 0.1) is 17.0 Å². The molecule has 1 heterocycles. The highest BCUT2D eigenvalue weighted by molar-refractivity contribution is 6.07. The molecule has 0 aliphatic heterocycles. The number of fused-ring (bicyclic) bond motifs is 1. The number of nitrogens with zero attached hydrogens (tertiary/aromatic N) is 1. The maximum absolute atomic E-state index is 12.8. The minimum Gasteiger partial charge on any atom is -0.451 e. The topological polar surface area (TPSA) is 94.6 Å². The van der Waals surface area contributed by atoms with E-state index in [1.54, 1.807) is 19.1 Å². The third kappa shape index (κ3) is 3.43. The molecule has 2 aromatic carbocycles. The molecule has 7 nitrogen and oxygen atoms in total. The normalized spacial score (nSPS) is 10.8. The number of hydrogen-bond acceptors (Lipinski definition) is 5. The van der Waals surface area contributed by atoms with E-state index in [1.165, 1.54) is 12.1 Å². The summed E-state index contributed by atoms with van der Waals surface area (Å²) < 4.78 is 11.2. The number of furan rings is 1. The Balaban J connectivity index is 1.97. The van der Waals surface area contributed by atoms with Gasteiger partial charge in [-0.15, -0.1) is 0 Å². The number of hydrogen-bond donors (Lipinski definition) is 1. The van der Waals surface area contributed by atoms with Crippen LogP contribution in [0.1, 0.15) is 28.6 Å². The molecule has 0 aliphatic rings. The van der Waals surface area contributed by atoms with Gasteiger partial charge in [0.05, 0.1) is 17.2 Å².